The molecule has 1 saturated carbocycles. The summed E-state index contributed by atoms with van der Waals surface area (Å²) in [5.41, 5.74) is 2.44. The quantitative estimate of drug-likeness (QED) is 0.851. The molecule has 2 fully saturated rings. The summed E-state index contributed by atoms with van der Waals surface area (Å²) in [4.78, 5) is 26.6. The summed E-state index contributed by atoms with van der Waals surface area (Å²) < 4.78 is 0. The molecular formula is C16H20N2O2. The van der Waals surface area contributed by atoms with Gasteiger partial charge in [-0.05, 0) is 43.9 Å². The fraction of sp³-hybridized carbons (Fsp3) is 0.500. The van der Waals surface area contributed by atoms with E-state index in [9.17, 15) is 9.59 Å². The molecule has 3 rings (SSSR count). The number of nitrogens with zero attached hydrogens (tertiary/aromatic N) is 1. The number of benzene rings is 1. The minimum Gasteiger partial charge on any atom is -0.340 e. The second-order valence-corrected chi connectivity index (χ2v) is 5.95. The van der Waals surface area contributed by atoms with Gasteiger partial charge in [-0.1, -0.05) is 25.0 Å². The van der Waals surface area contributed by atoms with Crippen molar-refractivity contribution in [2.24, 2.45) is 0 Å². The van der Waals surface area contributed by atoms with Gasteiger partial charge in [-0.3, -0.25) is 9.59 Å². The molecule has 2 aliphatic rings. The summed E-state index contributed by atoms with van der Waals surface area (Å²) in [5, 5.41) is 2.95. The van der Waals surface area contributed by atoms with Gasteiger partial charge in [-0.15, -0.1) is 0 Å². The molecule has 1 saturated heterocycles. The van der Waals surface area contributed by atoms with Crippen LogP contribution >= 0.6 is 0 Å². The molecule has 4 heteroatoms. The van der Waals surface area contributed by atoms with Gasteiger partial charge in [0.2, 0.25) is 5.91 Å². The predicted molar refractivity (Wildman–Crippen MR) is 77.6 cm³/mol. The first-order valence-electron chi connectivity index (χ1n) is 7.23. The van der Waals surface area contributed by atoms with E-state index in [0.717, 1.165) is 42.5 Å². The lowest BCUT2D eigenvalue weighted by Crippen LogP contribution is -2.65. The molecule has 20 heavy (non-hydrogen) atoms. The number of hydrogen-bond donors (Lipinski definition) is 1. The average molecular weight is 272 g/mol. The monoisotopic (exact) mass is 272 g/mol. The molecule has 1 aliphatic heterocycles. The Morgan fingerprint density at radius 1 is 1.15 bits per heavy atom. The number of piperazine rings is 1. The maximum absolute atomic E-state index is 12.9. The topological polar surface area (TPSA) is 49.4 Å². The Morgan fingerprint density at radius 2 is 1.85 bits per heavy atom. The van der Waals surface area contributed by atoms with Crippen LogP contribution in [0.2, 0.25) is 0 Å². The van der Waals surface area contributed by atoms with E-state index in [2.05, 4.69) is 5.32 Å². The molecular weight excluding hydrogens is 252 g/mol. The summed E-state index contributed by atoms with van der Waals surface area (Å²) >= 11 is 0. The van der Waals surface area contributed by atoms with E-state index in [1.165, 1.54) is 0 Å². The van der Waals surface area contributed by atoms with Gasteiger partial charge >= 0.3 is 0 Å². The van der Waals surface area contributed by atoms with Crippen molar-refractivity contribution in [3.05, 3.63) is 29.3 Å². The molecule has 1 spiro atoms. The van der Waals surface area contributed by atoms with Crippen molar-refractivity contribution < 1.29 is 9.59 Å². The zero-order chi connectivity index (χ0) is 14.3. The maximum atomic E-state index is 12.9. The van der Waals surface area contributed by atoms with Crippen molar-refractivity contribution in [2.45, 2.75) is 45.1 Å². The smallest absolute Gasteiger partial charge is 0.253 e. The van der Waals surface area contributed by atoms with E-state index < -0.39 is 5.54 Å². The maximum Gasteiger partial charge on any atom is 0.253 e. The van der Waals surface area contributed by atoms with Gasteiger partial charge in [0, 0.05) is 5.69 Å². The second-order valence-electron chi connectivity index (χ2n) is 5.95. The number of carbonyl (C=O) groups excluding carboxylic acids is 2. The van der Waals surface area contributed by atoms with E-state index in [4.69, 9.17) is 0 Å². The number of amides is 2. The lowest BCUT2D eigenvalue weighted by atomic mass is 9.92. The number of hydrogen-bond acceptors (Lipinski definition) is 2. The van der Waals surface area contributed by atoms with Crippen molar-refractivity contribution in [3.8, 4) is 0 Å². The van der Waals surface area contributed by atoms with Crippen LogP contribution in [0.25, 0.3) is 0 Å². The van der Waals surface area contributed by atoms with Crippen LogP contribution in [0.1, 0.15) is 36.8 Å². The minimum absolute atomic E-state index is 0.0487. The molecule has 1 aromatic rings. The molecule has 1 aromatic carbocycles. The fourth-order valence-corrected chi connectivity index (χ4v) is 3.37. The Labute approximate surface area is 119 Å². The molecule has 1 N–H and O–H groups in total. The molecule has 0 bridgehead atoms. The molecule has 0 aromatic heterocycles. The highest BCUT2D eigenvalue weighted by atomic mass is 16.2. The van der Waals surface area contributed by atoms with E-state index in [1.807, 2.05) is 32.0 Å². The highest BCUT2D eigenvalue weighted by Crippen LogP contribution is 2.36. The lowest BCUT2D eigenvalue weighted by Gasteiger charge is -2.40. The van der Waals surface area contributed by atoms with Gasteiger partial charge in [0.25, 0.3) is 5.91 Å². The number of nitrogens with one attached hydrogen (secondary N) is 1. The first-order chi connectivity index (χ1) is 9.53. The molecule has 1 heterocycles. The first kappa shape index (κ1) is 13.2. The van der Waals surface area contributed by atoms with Crippen LogP contribution in [0.5, 0.6) is 0 Å². The molecule has 106 valence electrons. The normalized spacial score (nSPS) is 21.4. The number of rotatable bonds is 1. The lowest BCUT2D eigenvalue weighted by molar-refractivity contribution is -0.135. The molecule has 4 nitrogen and oxygen atoms in total. The van der Waals surface area contributed by atoms with Crippen LogP contribution in [0.3, 0.4) is 0 Å². The van der Waals surface area contributed by atoms with Crippen molar-refractivity contribution in [3.63, 3.8) is 0 Å². The van der Waals surface area contributed by atoms with E-state index in [1.54, 1.807) is 4.90 Å². The van der Waals surface area contributed by atoms with Crippen LogP contribution in [0, 0.1) is 13.8 Å². The third-order valence-electron chi connectivity index (χ3n) is 4.66. The van der Waals surface area contributed by atoms with Gasteiger partial charge in [0.05, 0.1) is 0 Å². The average Bonchev–Trinajstić information content (AvgIpc) is 2.87. The zero-order valence-corrected chi connectivity index (χ0v) is 12.0. The third kappa shape index (κ3) is 1.90. The third-order valence-corrected chi connectivity index (χ3v) is 4.66. The summed E-state index contributed by atoms with van der Waals surface area (Å²) in [5.74, 6) is 0.00991. The van der Waals surface area contributed by atoms with E-state index in [-0.39, 0.29) is 18.4 Å². The van der Waals surface area contributed by atoms with E-state index >= 15 is 0 Å². The van der Waals surface area contributed by atoms with Gasteiger partial charge in [0.1, 0.15) is 12.1 Å². The van der Waals surface area contributed by atoms with Crippen LogP contribution in [-0.4, -0.2) is 23.9 Å². The van der Waals surface area contributed by atoms with Crippen LogP contribution in [0.4, 0.5) is 5.69 Å². The SMILES string of the molecule is Cc1cccc(N2CC(=O)NC3(CCCC3)C2=O)c1C. The highest BCUT2D eigenvalue weighted by Gasteiger charge is 2.48. The Bertz CT molecular complexity index is 574. The van der Waals surface area contributed by atoms with Crippen molar-refractivity contribution in [1.29, 1.82) is 0 Å². The molecule has 0 atom stereocenters. The highest BCUT2D eigenvalue weighted by molar-refractivity contribution is 6.09. The van der Waals surface area contributed by atoms with Crippen molar-refractivity contribution in [2.75, 3.05) is 11.4 Å². The van der Waals surface area contributed by atoms with Crippen molar-refractivity contribution >= 4 is 17.5 Å². The largest absolute Gasteiger partial charge is 0.340 e. The van der Waals surface area contributed by atoms with Crippen LogP contribution < -0.4 is 10.2 Å². The van der Waals surface area contributed by atoms with E-state index in [0.29, 0.717) is 0 Å². The van der Waals surface area contributed by atoms with Gasteiger partial charge < -0.3 is 10.2 Å². The minimum atomic E-state index is -0.647. The molecule has 2 amide bonds. The summed E-state index contributed by atoms with van der Waals surface area (Å²) in [7, 11) is 0. The number of anilines is 1. The van der Waals surface area contributed by atoms with Crippen molar-refractivity contribution in [1.82, 2.24) is 5.32 Å². The van der Waals surface area contributed by atoms with Gasteiger partial charge in [-0.25, -0.2) is 0 Å². The summed E-state index contributed by atoms with van der Waals surface area (Å²) in [6, 6.07) is 5.90. The van der Waals surface area contributed by atoms with Gasteiger partial charge in [0.15, 0.2) is 0 Å². The number of carbonyl (C=O) groups is 2. The van der Waals surface area contributed by atoms with Crippen LogP contribution in [-0.2, 0) is 9.59 Å². The Morgan fingerprint density at radius 3 is 2.55 bits per heavy atom. The Balaban J connectivity index is 2.02. The fourth-order valence-electron chi connectivity index (χ4n) is 3.37. The second kappa shape index (κ2) is 4.62. The predicted octanol–water partition coefficient (Wildman–Crippen LogP) is 2.08. The van der Waals surface area contributed by atoms with Crippen LogP contribution in [0.15, 0.2) is 18.2 Å². The summed E-state index contributed by atoms with van der Waals surface area (Å²) in [6.45, 7) is 4.16. The zero-order valence-electron chi connectivity index (χ0n) is 12.0. The first-order valence-corrected chi connectivity index (χ1v) is 7.23. The molecule has 0 unspecified atom stereocenters. The Kier molecular flexibility index (Phi) is 3.04. The standard InChI is InChI=1S/C16H20N2O2/c1-11-6-5-7-13(12(11)2)18-10-14(19)17-16(15(18)20)8-3-4-9-16/h5-7H,3-4,8-10H2,1-2H3,(H,17,19). The molecule has 1 aliphatic carbocycles. The Hall–Kier alpha value is -1.84. The summed E-state index contributed by atoms with van der Waals surface area (Å²) in [6.07, 6.45) is 3.54. The van der Waals surface area contributed by atoms with Gasteiger partial charge in [-0.2, -0.15) is 0 Å². The molecule has 0 radical (unpaired) electrons. The number of aryl methyl sites for hydroxylation is 1.